The Labute approximate surface area is 337 Å². The summed E-state index contributed by atoms with van der Waals surface area (Å²) in [7, 11) is -1.05. The molecule has 0 amide bonds. The van der Waals surface area contributed by atoms with Gasteiger partial charge in [0.15, 0.2) is 9.84 Å². The lowest BCUT2D eigenvalue weighted by Crippen LogP contribution is -2.37. The topological polar surface area (TPSA) is 132 Å². The Hall–Kier alpha value is -4.88. The van der Waals surface area contributed by atoms with Gasteiger partial charge in [-0.15, -0.1) is 0 Å². The fourth-order valence-electron chi connectivity index (χ4n) is 8.69. The predicted molar refractivity (Wildman–Crippen MR) is 229 cm³/mol. The van der Waals surface area contributed by atoms with Crippen LogP contribution in [0.5, 0.6) is 0 Å². The molecule has 0 spiro atoms. The van der Waals surface area contributed by atoms with Crippen molar-refractivity contribution in [3.63, 3.8) is 0 Å². The van der Waals surface area contributed by atoms with Gasteiger partial charge in [0.2, 0.25) is 0 Å². The van der Waals surface area contributed by atoms with Gasteiger partial charge in [0, 0.05) is 53.8 Å². The molecule has 0 saturated carbocycles. The minimum atomic E-state index is -3.25. The maximum Gasteiger partial charge on any atom is 0.326 e. The number of benzene rings is 4. The highest BCUT2D eigenvalue weighted by Crippen LogP contribution is 2.28. The lowest BCUT2D eigenvalue weighted by atomic mass is 10.0. The minimum absolute atomic E-state index is 0.0475. The number of H-pyrrole nitrogens is 3. The highest BCUT2D eigenvalue weighted by atomic mass is 35.5. The van der Waals surface area contributed by atoms with Crippen molar-refractivity contribution in [2.45, 2.75) is 68.5 Å². The van der Waals surface area contributed by atoms with Gasteiger partial charge < -0.3 is 24.8 Å². The average molecular weight is 808 g/mol. The van der Waals surface area contributed by atoms with Crippen LogP contribution in [-0.4, -0.2) is 87.3 Å². The van der Waals surface area contributed by atoms with Crippen LogP contribution in [-0.2, 0) is 29.2 Å². The Morgan fingerprint density at radius 2 is 1.54 bits per heavy atom. The van der Waals surface area contributed by atoms with E-state index in [0.29, 0.717) is 28.9 Å². The number of hydrogen-bond acceptors (Lipinski definition) is 6. The zero-order valence-corrected chi connectivity index (χ0v) is 33.9. The first-order valence-corrected chi connectivity index (χ1v) is 22.0. The Morgan fingerprint density at radius 3 is 2.33 bits per heavy atom. The maximum absolute atomic E-state index is 12.5. The molecule has 3 aromatic heterocycles. The van der Waals surface area contributed by atoms with Gasteiger partial charge in [-0.3, -0.25) is 9.13 Å². The molecule has 1 atom stereocenters. The molecule has 298 valence electrons. The SMILES string of the molecule is CN1CCC[C@@H]1Cc1c[nH]c2ccc(CCS(=O)(=O)c3ccccc3)cc12.O=c1[nH]c2ccccc2n1CCCN1CCC(n2c(=O)[nH]c3cc(Cl)ccc32)CC1. The van der Waals surface area contributed by atoms with E-state index in [0.717, 1.165) is 78.5 Å². The Balaban J connectivity index is 0.000000161. The molecule has 2 aliphatic heterocycles. The van der Waals surface area contributed by atoms with Crippen LogP contribution in [0, 0.1) is 0 Å². The van der Waals surface area contributed by atoms with Crippen molar-refractivity contribution in [1.29, 1.82) is 0 Å². The predicted octanol–water partition coefficient (Wildman–Crippen LogP) is 7.17. The van der Waals surface area contributed by atoms with Crippen molar-refractivity contribution in [2.75, 3.05) is 39.0 Å². The summed E-state index contributed by atoms with van der Waals surface area (Å²) in [6, 6.07) is 29.1. The van der Waals surface area contributed by atoms with E-state index in [1.807, 2.05) is 57.7 Å². The summed E-state index contributed by atoms with van der Waals surface area (Å²) in [5, 5.41) is 1.85. The van der Waals surface area contributed by atoms with Gasteiger partial charge >= 0.3 is 11.4 Å². The van der Waals surface area contributed by atoms with Crippen molar-refractivity contribution in [1.82, 2.24) is 33.9 Å². The molecule has 57 heavy (non-hydrogen) atoms. The molecule has 0 bridgehead atoms. The fraction of sp³-hybridized carbons (Fsp3) is 0.364. The lowest BCUT2D eigenvalue weighted by molar-refractivity contribution is 0.183. The summed E-state index contributed by atoms with van der Waals surface area (Å²) in [5.41, 5.74) is 6.96. The largest absolute Gasteiger partial charge is 0.361 e. The van der Waals surface area contributed by atoms with Gasteiger partial charge in [-0.05, 0) is 131 Å². The Morgan fingerprint density at radius 1 is 0.772 bits per heavy atom. The molecule has 2 fully saturated rings. The van der Waals surface area contributed by atoms with Gasteiger partial charge in [0.25, 0.3) is 0 Å². The number of aryl methyl sites for hydroxylation is 2. The first kappa shape index (κ1) is 39.0. The van der Waals surface area contributed by atoms with Gasteiger partial charge in [-0.2, -0.15) is 0 Å². The molecule has 9 rings (SSSR count). The summed E-state index contributed by atoms with van der Waals surface area (Å²) >= 11 is 6.05. The standard InChI is InChI=1S/C22H24ClN5O2.C22H26N2O2S/c23-15-6-7-20-18(14-15)25-22(30)28(20)16-8-12-26(13-9-16)10-3-11-27-19-5-2-1-4-17(19)24-21(27)29;1-24-12-5-6-19(24)15-18-16-23-22-10-9-17(14-21(18)22)11-13-27(25,26)20-7-3-2-4-8-20/h1-2,4-7,14,16H,3,8-13H2,(H,24,29)(H,25,30);2-4,7-10,14,16,19,23H,5-6,11-13,15H2,1H3/t;19-/m.1/s1. The van der Waals surface area contributed by atoms with Crippen LogP contribution >= 0.6 is 11.6 Å². The quantitative estimate of drug-likeness (QED) is 0.127. The highest BCUT2D eigenvalue weighted by Gasteiger charge is 2.24. The van der Waals surface area contributed by atoms with E-state index in [2.05, 4.69) is 50.1 Å². The van der Waals surface area contributed by atoms with Crippen molar-refractivity contribution in [2.24, 2.45) is 0 Å². The van der Waals surface area contributed by atoms with Gasteiger partial charge in [0.05, 0.1) is 32.7 Å². The second kappa shape index (κ2) is 16.9. The average Bonchev–Trinajstić information content (AvgIpc) is 3.98. The van der Waals surface area contributed by atoms with Crippen LogP contribution in [0.2, 0.25) is 5.02 Å². The molecular weight excluding hydrogens is 758 g/mol. The minimum Gasteiger partial charge on any atom is -0.361 e. The molecule has 0 radical (unpaired) electrons. The van der Waals surface area contributed by atoms with E-state index in [1.54, 1.807) is 30.3 Å². The Bertz CT molecular complexity index is 2710. The zero-order valence-electron chi connectivity index (χ0n) is 32.3. The molecule has 4 aromatic carbocycles. The normalized spacial score (nSPS) is 17.1. The number of likely N-dealkylation sites (tertiary alicyclic amines) is 2. The number of sulfone groups is 1. The summed E-state index contributed by atoms with van der Waals surface area (Å²) in [5.74, 6) is 0.133. The number of fused-ring (bicyclic) bond motifs is 3. The van der Waals surface area contributed by atoms with Crippen LogP contribution in [0.4, 0.5) is 0 Å². The molecule has 2 aliphatic rings. The number of nitrogens with zero attached hydrogens (tertiary/aromatic N) is 4. The molecule has 3 N–H and O–H groups in total. The van der Waals surface area contributed by atoms with Gasteiger partial charge in [0.1, 0.15) is 0 Å². The monoisotopic (exact) mass is 807 g/mol. The first-order chi connectivity index (χ1) is 27.6. The smallest absolute Gasteiger partial charge is 0.326 e. The highest BCUT2D eigenvalue weighted by molar-refractivity contribution is 7.91. The number of aromatic amines is 3. The summed E-state index contributed by atoms with van der Waals surface area (Å²) in [4.78, 5) is 39.2. The number of imidazole rings is 2. The number of aromatic nitrogens is 5. The maximum atomic E-state index is 12.5. The van der Waals surface area contributed by atoms with Gasteiger partial charge in [-0.25, -0.2) is 18.0 Å². The number of hydrogen-bond donors (Lipinski definition) is 3. The molecule has 0 unspecified atom stereocenters. The summed E-state index contributed by atoms with van der Waals surface area (Å²) < 4.78 is 28.8. The Kier molecular flexibility index (Phi) is 11.6. The van der Waals surface area contributed by atoms with E-state index in [9.17, 15) is 18.0 Å². The van der Waals surface area contributed by atoms with Crippen LogP contribution in [0.1, 0.15) is 49.3 Å². The third kappa shape index (κ3) is 8.69. The van der Waals surface area contributed by atoms with E-state index in [1.165, 1.54) is 30.3 Å². The van der Waals surface area contributed by atoms with E-state index < -0.39 is 9.84 Å². The second-order valence-corrected chi connectivity index (χ2v) is 18.1. The molecule has 7 aromatic rings. The number of halogens is 1. The van der Waals surface area contributed by atoms with Crippen molar-refractivity contribution >= 4 is 54.4 Å². The van der Waals surface area contributed by atoms with E-state index >= 15 is 0 Å². The number of likely N-dealkylation sites (N-methyl/N-ethyl adjacent to an activating group) is 1. The molecule has 2 saturated heterocycles. The molecule has 0 aliphatic carbocycles. The van der Waals surface area contributed by atoms with Crippen molar-refractivity contribution < 1.29 is 8.42 Å². The van der Waals surface area contributed by atoms with E-state index in [-0.39, 0.29) is 23.2 Å². The summed E-state index contributed by atoms with van der Waals surface area (Å²) in [6.07, 6.45) is 8.98. The molecule has 5 heterocycles. The van der Waals surface area contributed by atoms with Crippen LogP contribution in [0.15, 0.2) is 112 Å². The number of nitrogens with one attached hydrogen (secondary N) is 3. The fourth-order valence-corrected chi connectivity index (χ4v) is 10.2. The third-order valence-electron chi connectivity index (χ3n) is 11.9. The van der Waals surface area contributed by atoms with E-state index in [4.69, 9.17) is 11.6 Å². The molecule has 13 heteroatoms. The van der Waals surface area contributed by atoms with Crippen LogP contribution in [0.3, 0.4) is 0 Å². The molecular formula is C44H50ClN7O4S. The third-order valence-corrected chi connectivity index (χ3v) is 13.8. The molecule has 11 nitrogen and oxygen atoms in total. The zero-order chi connectivity index (χ0) is 39.5. The van der Waals surface area contributed by atoms with Crippen molar-refractivity contribution in [3.05, 3.63) is 134 Å². The van der Waals surface area contributed by atoms with Crippen LogP contribution in [0.25, 0.3) is 33.0 Å². The summed E-state index contributed by atoms with van der Waals surface area (Å²) in [6.45, 7) is 4.71. The first-order valence-electron chi connectivity index (χ1n) is 20.0. The van der Waals surface area contributed by atoms with Crippen LogP contribution < -0.4 is 11.4 Å². The number of piperidine rings is 1. The second-order valence-electron chi connectivity index (χ2n) is 15.5. The van der Waals surface area contributed by atoms with Gasteiger partial charge in [-0.1, -0.05) is 48.0 Å². The number of rotatable bonds is 11. The number of para-hydroxylation sites is 2. The van der Waals surface area contributed by atoms with Crippen molar-refractivity contribution in [3.8, 4) is 0 Å². The lowest BCUT2D eigenvalue weighted by Gasteiger charge is -2.32.